The van der Waals surface area contributed by atoms with Crippen molar-refractivity contribution in [3.05, 3.63) is 58.5 Å². The molecule has 1 fully saturated rings. The highest BCUT2D eigenvalue weighted by molar-refractivity contribution is 8.18. The van der Waals surface area contributed by atoms with Crippen LogP contribution in [-0.2, 0) is 4.79 Å². The van der Waals surface area contributed by atoms with Gasteiger partial charge >= 0.3 is 0 Å². The Morgan fingerprint density at radius 3 is 2.67 bits per heavy atom. The summed E-state index contributed by atoms with van der Waals surface area (Å²) >= 11 is 1.28. The van der Waals surface area contributed by atoms with Gasteiger partial charge in [-0.15, -0.1) is 0 Å². The Kier molecular flexibility index (Phi) is 4.57. The lowest BCUT2D eigenvalue weighted by Crippen LogP contribution is -2.19. The van der Waals surface area contributed by atoms with Gasteiger partial charge in [-0.3, -0.25) is 4.79 Å². The maximum atomic E-state index is 12.1. The highest BCUT2D eigenvalue weighted by Gasteiger charge is 2.23. The number of nitrogens with one attached hydrogen (secondary N) is 1. The summed E-state index contributed by atoms with van der Waals surface area (Å²) in [5, 5.41) is 12.9. The maximum Gasteiger partial charge on any atom is 0.264 e. The van der Waals surface area contributed by atoms with E-state index in [4.69, 9.17) is 4.74 Å². The highest BCUT2D eigenvalue weighted by atomic mass is 32.2. The molecule has 2 aromatic carbocycles. The molecule has 1 heterocycles. The number of hydrogen-bond acceptors (Lipinski definition) is 5. The molecule has 0 unspecified atom stereocenters. The fourth-order valence-electron chi connectivity index (χ4n) is 2.15. The minimum absolute atomic E-state index is 0.0600. The standard InChI is InChI=1S/C18H16N2O3S/c1-11-3-6-13(7-4-11)19-18-20-17(22)16(24-18)10-12-5-8-14(21)15(9-12)23-2/h3-10,21H,1-2H3,(H,19,20,22)/b16-10+. The lowest BCUT2D eigenvalue weighted by molar-refractivity contribution is -0.115. The minimum atomic E-state index is -0.196. The molecule has 24 heavy (non-hydrogen) atoms. The fourth-order valence-corrected chi connectivity index (χ4v) is 2.99. The Morgan fingerprint density at radius 2 is 1.96 bits per heavy atom. The van der Waals surface area contributed by atoms with Crippen molar-refractivity contribution in [2.75, 3.05) is 7.11 Å². The van der Waals surface area contributed by atoms with Crippen molar-refractivity contribution in [1.82, 2.24) is 5.32 Å². The van der Waals surface area contributed by atoms with E-state index in [0.717, 1.165) is 16.8 Å². The molecule has 2 aromatic rings. The third kappa shape index (κ3) is 3.60. The Bertz CT molecular complexity index is 842. The average Bonchev–Trinajstić information content (AvgIpc) is 2.91. The summed E-state index contributed by atoms with van der Waals surface area (Å²) in [4.78, 5) is 17.1. The van der Waals surface area contributed by atoms with E-state index in [2.05, 4.69) is 10.3 Å². The number of phenolic OH excluding ortho intramolecular Hbond substituents is 1. The van der Waals surface area contributed by atoms with Gasteiger partial charge in [-0.05, 0) is 54.6 Å². The summed E-state index contributed by atoms with van der Waals surface area (Å²) in [7, 11) is 1.48. The summed E-state index contributed by atoms with van der Waals surface area (Å²) in [5.74, 6) is 0.226. The van der Waals surface area contributed by atoms with E-state index < -0.39 is 0 Å². The Morgan fingerprint density at radius 1 is 1.21 bits per heavy atom. The van der Waals surface area contributed by atoms with Crippen molar-refractivity contribution in [2.45, 2.75) is 6.92 Å². The van der Waals surface area contributed by atoms with Crippen LogP contribution >= 0.6 is 11.8 Å². The van der Waals surface area contributed by atoms with Crippen molar-refractivity contribution >= 4 is 34.6 Å². The van der Waals surface area contributed by atoms with E-state index in [1.165, 1.54) is 24.9 Å². The number of benzene rings is 2. The monoisotopic (exact) mass is 340 g/mol. The average molecular weight is 340 g/mol. The molecule has 122 valence electrons. The predicted octanol–water partition coefficient (Wildman–Crippen LogP) is 3.60. The Hall–Kier alpha value is -2.73. The third-order valence-electron chi connectivity index (χ3n) is 3.42. The molecule has 0 spiro atoms. The molecule has 0 bridgehead atoms. The van der Waals surface area contributed by atoms with Crippen LogP contribution in [0.4, 0.5) is 5.69 Å². The molecule has 2 N–H and O–H groups in total. The van der Waals surface area contributed by atoms with Crippen LogP contribution in [0.25, 0.3) is 6.08 Å². The number of aryl methyl sites for hydroxylation is 1. The zero-order valence-corrected chi connectivity index (χ0v) is 14.1. The van der Waals surface area contributed by atoms with Gasteiger partial charge < -0.3 is 15.2 Å². The number of methoxy groups -OCH3 is 1. The number of amides is 1. The summed E-state index contributed by atoms with van der Waals surface area (Å²) in [6, 6.07) is 12.7. The second-order valence-electron chi connectivity index (χ2n) is 5.25. The molecule has 1 aliphatic heterocycles. The van der Waals surface area contributed by atoms with Crippen LogP contribution in [0.15, 0.2) is 52.4 Å². The second kappa shape index (κ2) is 6.80. The molecule has 1 saturated heterocycles. The van der Waals surface area contributed by atoms with Gasteiger partial charge in [0.25, 0.3) is 5.91 Å². The zero-order valence-electron chi connectivity index (χ0n) is 13.2. The van der Waals surface area contributed by atoms with Gasteiger partial charge in [0.05, 0.1) is 17.7 Å². The van der Waals surface area contributed by atoms with Crippen molar-refractivity contribution < 1.29 is 14.6 Å². The highest BCUT2D eigenvalue weighted by Crippen LogP contribution is 2.31. The van der Waals surface area contributed by atoms with Crippen LogP contribution in [-0.4, -0.2) is 23.3 Å². The number of phenols is 1. The number of hydrogen-bond donors (Lipinski definition) is 2. The maximum absolute atomic E-state index is 12.1. The predicted molar refractivity (Wildman–Crippen MR) is 96.6 cm³/mol. The van der Waals surface area contributed by atoms with Gasteiger partial charge in [0.15, 0.2) is 16.7 Å². The molecular formula is C18H16N2O3S. The molecule has 0 aliphatic carbocycles. The number of amidine groups is 1. The normalized spacial score (nSPS) is 17.3. The van der Waals surface area contributed by atoms with E-state index >= 15 is 0 Å². The van der Waals surface area contributed by atoms with Crippen molar-refractivity contribution in [3.8, 4) is 11.5 Å². The number of nitrogens with zero attached hydrogens (tertiary/aromatic N) is 1. The molecule has 1 aliphatic rings. The molecule has 0 radical (unpaired) electrons. The minimum Gasteiger partial charge on any atom is -0.504 e. The first kappa shape index (κ1) is 16.1. The second-order valence-corrected chi connectivity index (χ2v) is 6.28. The molecular weight excluding hydrogens is 324 g/mol. The van der Waals surface area contributed by atoms with E-state index in [1.54, 1.807) is 18.2 Å². The van der Waals surface area contributed by atoms with E-state index in [-0.39, 0.29) is 11.7 Å². The van der Waals surface area contributed by atoms with Gasteiger partial charge in [0, 0.05) is 0 Å². The van der Waals surface area contributed by atoms with Crippen LogP contribution in [0, 0.1) is 6.92 Å². The summed E-state index contributed by atoms with van der Waals surface area (Å²) < 4.78 is 5.08. The molecule has 3 rings (SSSR count). The number of ether oxygens (including phenoxy) is 1. The van der Waals surface area contributed by atoms with E-state index in [9.17, 15) is 9.90 Å². The number of aliphatic imine (C=N–C) groups is 1. The van der Waals surface area contributed by atoms with Crippen molar-refractivity contribution in [2.24, 2.45) is 4.99 Å². The van der Waals surface area contributed by atoms with Crippen molar-refractivity contribution in [3.63, 3.8) is 0 Å². The van der Waals surface area contributed by atoms with Crippen LogP contribution in [0.5, 0.6) is 11.5 Å². The lowest BCUT2D eigenvalue weighted by Gasteiger charge is -2.03. The molecule has 0 saturated carbocycles. The van der Waals surface area contributed by atoms with Gasteiger partial charge in [0.2, 0.25) is 0 Å². The van der Waals surface area contributed by atoms with Gasteiger partial charge in [-0.2, -0.15) is 0 Å². The molecule has 1 amide bonds. The molecule has 5 nitrogen and oxygen atoms in total. The fraction of sp³-hybridized carbons (Fsp3) is 0.111. The van der Waals surface area contributed by atoms with Crippen LogP contribution in [0.3, 0.4) is 0 Å². The zero-order chi connectivity index (χ0) is 17.1. The topological polar surface area (TPSA) is 70.9 Å². The first-order chi connectivity index (χ1) is 11.5. The van der Waals surface area contributed by atoms with Gasteiger partial charge in [-0.1, -0.05) is 23.8 Å². The summed E-state index contributed by atoms with van der Waals surface area (Å²) in [6.07, 6.45) is 1.74. The smallest absolute Gasteiger partial charge is 0.264 e. The third-order valence-corrected chi connectivity index (χ3v) is 4.33. The van der Waals surface area contributed by atoms with Crippen LogP contribution in [0.2, 0.25) is 0 Å². The summed E-state index contributed by atoms with van der Waals surface area (Å²) in [6.45, 7) is 2.01. The number of carbonyl (C=O) groups excluding carboxylic acids is 1. The SMILES string of the molecule is COc1cc(/C=C2/SC(=Nc3ccc(C)cc3)NC2=O)ccc1O. The van der Waals surface area contributed by atoms with Gasteiger partial charge in [-0.25, -0.2) is 4.99 Å². The summed E-state index contributed by atoms with van der Waals surface area (Å²) in [5.41, 5.74) is 2.71. The Balaban J connectivity index is 1.83. The molecule has 0 aromatic heterocycles. The first-order valence-corrected chi connectivity index (χ1v) is 8.10. The van der Waals surface area contributed by atoms with E-state index in [1.807, 2.05) is 31.2 Å². The van der Waals surface area contributed by atoms with Crippen LogP contribution < -0.4 is 10.1 Å². The number of carbonyl (C=O) groups is 1. The quantitative estimate of drug-likeness (QED) is 0.838. The largest absolute Gasteiger partial charge is 0.504 e. The molecule has 6 heteroatoms. The van der Waals surface area contributed by atoms with E-state index in [0.29, 0.717) is 15.8 Å². The number of aromatic hydroxyl groups is 1. The van der Waals surface area contributed by atoms with Gasteiger partial charge in [0.1, 0.15) is 0 Å². The number of thioether (sulfide) groups is 1. The lowest BCUT2D eigenvalue weighted by atomic mass is 10.2. The van der Waals surface area contributed by atoms with Crippen molar-refractivity contribution in [1.29, 1.82) is 0 Å². The molecule has 0 atom stereocenters. The Labute approximate surface area is 144 Å². The van der Waals surface area contributed by atoms with Crippen LogP contribution in [0.1, 0.15) is 11.1 Å². The number of rotatable bonds is 3. The first-order valence-electron chi connectivity index (χ1n) is 7.28.